The molecule has 0 radical (unpaired) electrons. The number of amidine groups is 1. The molecule has 1 aliphatic heterocycles. The predicted octanol–water partition coefficient (Wildman–Crippen LogP) is 1.62. The second-order valence-corrected chi connectivity index (χ2v) is 3.69. The summed E-state index contributed by atoms with van der Waals surface area (Å²) in [7, 11) is 1.73. The van der Waals surface area contributed by atoms with Gasteiger partial charge in [0, 0.05) is 12.7 Å². The quantitative estimate of drug-likeness (QED) is 0.594. The molecule has 3 nitrogen and oxygen atoms in total. The average Bonchev–Trinajstić information content (AvgIpc) is 2.25. The number of hydrogen-bond acceptors (Lipinski definition) is 2. The molecule has 0 bridgehead atoms. The molecule has 1 rings (SSSR count). The molecule has 0 N–H and O–H groups in total. The van der Waals surface area contributed by atoms with Crippen LogP contribution in [0.2, 0.25) is 0 Å². The van der Waals surface area contributed by atoms with Gasteiger partial charge in [-0.3, -0.25) is 4.90 Å². The Bertz CT molecular complexity index is 231. The van der Waals surface area contributed by atoms with E-state index in [4.69, 9.17) is 4.74 Å². The van der Waals surface area contributed by atoms with Crippen LogP contribution in [0.3, 0.4) is 0 Å². The van der Waals surface area contributed by atoms with Gasteiger partial charge >= 0.3 is 0 Å². The van der Waals surface area contributed by atoms with Crippen LogP contribution in [0.1, 0.15) is 20.8 Å². The highest BCUT2D eigenvalue weighted by molar-refractivity contribution is 5.78. The van der Waals surface area contributed by atoms with Crippen LogP contribution < -0.4 is 0 Å². The lowest BCUT2D eigenvalue weighted by molar-refractivity contribution is 0.135. The fourth-order valence-corrected chi connectivity index (χ4v) is 1.25. The standard InChI is InChI=1S/C9H16N2O/c1-7(2)11-6-9(3,4)12-8(11)10-5/h1,6H2,2-5H3. The van der Waals surface area contributed by atoms with Crippen LogP contribution in [0.4, 0.5) is 0 Å². The topological polar surface area (TPSA) is 24.8 Å². The Morgan fingerprint density at radius 1 is 1.67 bits per heavy atom. The van der Waals surface area contributed by atoms with Crippen molar-refractivity contribution in [3.8, 4) is 0 Å². The van der Waals surface area contributed by atoms with E-state index in [0.29, 0.717) is 6.02 Å². The third kappa shape index (κ3) is 1.60. The molecule has 1 heterocycles. The zero-order chi connectivity index (χ0) is 9.35. The van der Waals surface area contributed by atoms with Gasteiger partial charge in [-0.05, 0) is 20.8 Å². The van der Waals surface area contributed by atoms with Crippen LogP contribution in [0.25, 0.3) is 0 Å². The first-order valence-corrected chi connectivity index (χ1v) is 4.05. The molecule has 0 aliphatic carbocycles. The van der Waals surface area contributed by atoms with Crippen LogP contribution >= 0.6 is 0 Å². The molecule has 3 heteroatoms. The Balaban J connectivity index is 2.84. The molecule has 12 heavy (non-hydrogen) atoms. The lowest BCUT2D eigenvalue weighted by Crippen LogP contribution is -2.27. The first-order chi connectivity index (χ1) is 5.46. The summed E-state index contributed by atoms with van der Waals surface area (Å²) >= 11 is 0. The van der Waals surface area contributed by atoms with Crippen molar-refractivity contribution in [2.45, 2.75) is 26.4 Å². The van der Waals surface area contributed by atoms with Crippen molar-refractivity contribution >= 4 is 6.02 Å². The third-order valence-corrected chi connectivity index (χ3v) is 1.79. The lowest BCUT2D eigenvalue weighted by atomic mass is 10.1. The maximum atomic E-state index is 5.59. The Labute approximate surface area is 73.7 Å². The summed E-state index contributed by atoms with van der Waals surface area (Å²) < 4.78 is 5.59. The van der Waals surface area contributed by atoms with Gasteiger partial charge in [-0.1, -0.05) is 6.58 Å². The van der Waals surface area contributed by atoms with E-state index >= 15 is 0 Å². The van der Waals surface area contributed by atoms with Crippen molar-refractivity contribution in [2.24, 2.45) is 4.99 Å². The zero-order valence-corrected chi connectivity index (χ0v) is 8.22. The molecule has 1 fully saturated rings. The second kappa shape index (κ2) is 2.81. The van der Waals surface area contributed by atoms with E-state index in [-0.39, 0.29) is 5.60 Å². The van der Waals surface area contributed by atoms with Crippen molar-refractivity contribution in [3.63, 3.8) is 0 Å². The molecule has 0 aromatic heterocycles. The van der Waals surface area contributed by atoms with Gasteiger partial charge in [-0.25, -0.2) is 4.99 Å². The van der Waals surface area contributed by atoms with Gasteiger partial charge in [0.1, 0.15) is 5.60 Å². The fraction of sp³-hybridized carbons (Fsp3) is 0.667. The molecule has 0 atom stereocenters. The fourth-order valence-electron chi connectivity index (χ4n) is 1.25. The van der Waals surface area contributed by atoms with Crippen molar-refractivity contribution in [3.05, 3.63) is 12.3 Å². The van der Waals surface area contributed by atoms with E-state index in [1.165, 1.54) is 0 Å². The van der Waals surface area contributed by atoms with Gasteiger partial charge in [-0.15, -0.1) is 0 Å². The number of ether oxygens (including phenoxy) is 1. The molecule has 0 unspecified atom stereocenters. The van der Waals surface area contributed by atoms with Crippen LogP contribution in [0.5, 0.6) is 0 Å². The largest absolute Gasteiger partial charge is 0.457 e. The highest BCUT2D eigenvalue weighted by Crippen LogP contribution is 2.24. The Morgan fingerprint density at radius 3 is 2.58 bits per heavy atom. The van der Waals surface area contributed by atoms with Crippen molar-refractivity contribution < 1.29 is 4.74 Å². The molecular weight excluding hydrogens is 152 g/mol. The highest BCUT2D eigenvalue weighted by Gasteiger charge is 2.35. The maximum Gasteiger partial charge on any atom is 0.292 e. The van der Waals surface area contributed by atoms with E-state index in [1.54, 1.807) is 7.05 Å². The third-order valence-electron chi connectivity index (χ3n) is 1.79. The molecule has 1 saturated heterocycles. The predicted molar refractivity (Wildman–Crippen MR) is 50.0 cm³/mol. The summed E-state index contributed by atoms with van der Waals surface area (Å²) in [6.07, 6.45) is 0. The molecule has 0 amide bonds. The van der Waals surface area contributed by atoms with Crippen LogP contribution in [-0.4, -0.2) is 30.1 Å². The van der Waals surface area contributed by atoms with Crippen LogP contribution in [0.15, 0.2) is 17.3 Å². The Morgan fingerprint density at radius 2 is 2.25 bits per heavy atom. The Hall–Kier alpha value is -0.990. The summed E-state index contributed by atoms with van der Waals surface area (Å²) in [4.78, 5) is 6.03. The average molecular weight is 168 g/mol. The molecule has 1 aliphatic rings. The van der Waals surface area contributed by atoms with Gasteiger partial charge in [0.05, 0.1) is 6.54 Å². The first-order valence-electron chi connectivity index (χ1n) is 4.05. The van der Waals surface area contributed by atoms with Crippen molar-refractivity contribution in [1.29, 1.82) is 0 Å². The summed E-state index contributed by atoms with van der Waals surface area (Å²) in [6.45, 7) is 10.7. The summed E-state index contributed by atoms with van der Waals surface area (Å²) in [5, 5.41) is 0. The summed E-state index contributed by atoms with van der Waals surface area (Å²) in [6, 6.07) is 0.674. The minimum absolute atomic E-state index is 0.145. The van der Waals surface area contributed by atoms with Gasteiger partial charge in [-0.2, -0.15) is 0 Å². The maximum absolute atomic E-state index is 5.59. The van der Waals surface area contributed by atoms with Gasteiger partial charge in [0.15, 0.2) is 0 Å². The normalized spacial score (nSPS) is 24.3. The van der Waals surface area contributed by atoms with Crippen LogP contribution in [0, 0.1) is 0 Å². The molecular formula is C9H16N2O. The van der Waals surface area contributed by atoms with Gasteiger partial charge in [0.2, 0.25) is 0 Å². The number of aliphatic imine (C=N–C) groups is 1. The van der Waals surface area contributed by atoms with Crippen LogP contribution in [-0.2, 0) is 4.74 Å². The Kier molecular flexibility index (Phi) is 2.13. The van der Waals surface area contributed by atoms with E-state index in [0.717, 1.165) is 12.2 Å². The molecule has 68 valence electrons. The highest BCUT2D eigenvalue weighted by atomic mass is 16.5. The monoisotopic (exact) mass is 168 g/mol. The molecule has 0 saturated carbocycles. The van der Waals surface area contributed by atoms with E-state index < -0.39 is 0 Å². The number of nitrogens with zero attached hydrogens (tertiary/aromatic N) is 2. The van der Waals surface area contributed by atoms with E-state index in [1.807, 2.05) is 25.7 Å². The smallest absolute Gasteiger partial charge is 0.292 e. The van der Waals surface area contributed by atoms with Gasteiger partial charge in [0.25, 0.3) is 6.02 Å². The van der Waals surface area contributed by atoms with Crippen molar-refractivity contribution in [2.75, 3.05) is 13.6 Å². The number of rotatable bonds is 1. The number of hydrogen-bond donors (Lipinski definition) is 0. The zero-order valence-electron chi connectivity index (χ0n) is 8.22. The van der Waals surface area contributed by atoms with Crippen molar-refractivity contribution in [1.82, 2.24) is 4.90 Å². The molecule has 0 aromatic carbocycles. The lowest BCUT2D eigenvalue weighted by Gasteiger charge is -2.15. The summed E-state index contributed by atoms with van der Waals surface area (Å²) in [5.74, 6) is 0. The molecule has 0 aromatic rings. The van der Waals surface area contributed by atoms with Gasteiger partial charge < -0.3 is 4.74 Å². The second-order valence-electron chi connectivity index (χ2n) is 3.69. The minimum atomic E-state index is -0.145. The van der Waals surface area contributed by atoms with E-state index in [2.05, 4.69) is 11.6 Å². The summed E-state index contributed by atoms with van der Waals surface area (Å²) in [5.41, 5.74) is 0.828. The SMILES string of the molecule is C=C(C)N1CC(C)(C)OC1=NC. The first kappa shape index (κ1) is 9.10. The minimum Gasteiger partial charge on any atom is -0.457 e. The number of allylic oxidation sites excluding steroid dienone is 1. The van der Waals surface area contributed by atoms with E-state index in [9.17, 15) is 0 Å². The molecule has 0 spiro atoms.